The van der Waals surface area contributed by atoms with E-state index in [0.29, 0.717) is 11.9 Å². The Bertz CT molecular complexity index is 319. The molecule has 1 aromatic heterocycles. The van der Waals surface area contributed by atoms with Gasteiger partial charge in [0.05, 0.1) is 7.11 Å². The van der Waals surface area contributed by atoms with E-state index in [1.807, 2.05) is 12.3 Å². The van der Waals surface area contributed by atoms with Crippen LogP contribution in [0.3, 0.4) is 0 Å². The summed E-state index contributed by atoms with van der Waals surface area (Å²) in [5.41, 5.74) is 2.57. The van der Waals surface area contributed by atoms with Crippen molar-refractivity contribution < 1.29 is 4.74 Å². The fourth-order valence-corrected chi connectivity index (χ4v) is 1.97. The van der Waals surface area contributed by atoms with Gasteiger partial charge in [0.15, 0.2) is 0 Å². The number of ether oxygens (including phenoxy) is 1. The largest absolute Gasteiger partial charge is 0.481 e. The van der Waals surface area contributed by atoms with Crippen molar-refractivity contribution in [2.45, 2.75) is 25.8 Å². The molecule has 2 heterocycles. The summed E-state index contributed by atoms with van der Waals surface area (Å²) in [6, 6.07) is 2.49. The molecule has 3 heteroatoms. The summed E-state index contributed by atoms with van der Waals surface area (Å²) >= 11 is 0. The van der Waals surface area contributed by atoms with Gasteiger partial charge < -0.3 is 10.1 Å². The molecule has 0 radical (unpaired) electrons. The van der Waals surface area contributed by atoms with Crippen LogP contribution in [0.2, 0.25) is 0 Å². The fraction of sp³-hybridized carbons (Fsp3) is 0.545. The molecule has 1 fully saturated rings. The van der Waals surface area contributed by atoms with E-state index < -0.39 is 0 Å². The Morgan fingerprint density at radius 1 is 1.57 bits per heavy atom. The Morgan fingerprint density at radius 3 is 3.00 bits per heavy atom. The van der Waals surface area contributed by atoms with Gasteiger partial charge in [-0.3, -0.25) is 0 Å². The number of aromatic nitrogens is 1. The van der Waals surface area contributed by atoms with Crippen molar-refractivity contribution >= 4 is 0 Å². The van der Waals surface area contributed by atoms with Gasteiger partial charge >= 0.3 is 0 Å². The highest BCUT2D eigenvalue weighted by Gasteiger charge is 2.18. The van der Waals surface area contributed by atoms with Gasteiger partial charge in [-0.15, -0.1) is 0 Å². The van der Waals surface area contributed by atoms with E-state index in [4.69, 9.17) is 4.74 Å². The summed E-state index contributed by atoms with van der Waals surface area (Å²) in [6.07, 6.45) is 4.40. The zero-order chi connectivity index (χ0) is 9.97. The number of pyridine rings is 1. The Balaban J connectivity index is 2.25. The number of aryl methyl sites for hydroxylation is 1. The zero-order valence-electron chi connectivity index (χ0n) is 8.71. The van der Waals surface area contributed by atoms with Crippen molar-refractivity contribution in [2.75, 3.05) is 13.7 Å². The molecule has 0 amide bonds. The second-order valence-corrected chi connectivity index (χ2v) is 3.73. The number of hydrogen-bond donors (Lipinski definition) is 1. The second-order valence-electron chi connectivity index (χ2n) is 3.73. The van der Waals surface area contributed by atoms with Gasteiger partial charge in [-0.2, -0.15) is 0 Å². The third-order valence-electron chi connectivity index (χ3n) is 2.77. The average Bonchev–Trinajstić information content (AvgIpc) is 2.70. The fourth-order valence-electron chi connectivity index (χ4n) is 1.97. The van der Waals surface area contributed by atoms with Crippen molar-refractivity contribution in [1.29, 1.82) is 0 Å². The highest BCUT2D eigenvalue weighted by atomic mass is 16.5. The Kier molecular flexibility index (Phi) is 2.68. The maximum Gasteiger partial charge on any atom is 0.213 e. The highest BCUT2D eigenvalue weighted by Crippen LogP contribution is 2.26. The Morgan fingerprint density at radius 2 is 2.43 bits per heavy atom. The monoisotopic (exact) mass is 192 g/mol. The molecule has 0 unspecified atom stereocenters. The highest BCUT2D eigenvalue weighted by molar-refractivity contribution is 5.31. The number of hydrogen-bond acceptors (Lipinski definition) is 3. The minimum Gasteiger partial charge on any atom is -0.481 e. The SMILES string of the molecule is COc1cc(C)c([C@@H]2CCCN2)cn1. The summed E-state index contributed by atoms with van der Waals surface area (Å²) < 4.78 is 5.08. The van der Waals surface area contributed by atoms with Crippen molar-refractivity contribution in [3.8, 4) is 5.88 Å². The van der Waals surface area contributed by atoms with Crippen molar-refractivity contribution in [3.05, 3.63) is 23.4 Å². The molecular weight excluding hydrogens is 176 g/mol. The van der Waals surface area contributed by atoms with E-state index in [1.165, 1.54) is 24.0 Å². The van der Waals surface area contributed by atoms with Gasteiger partial charge in [0.1, 0.15) is 0 Å². The molecule has 0 aliphatic carbocycles. The summed E-state index contributed by atoms with van der Waals surface area (Å²) in [7, 11) is 1.65. The molecule has 0 aromatic carbocycles. The quantitative estimate of drug-likeness (QED) is 0.776. The van der Waals surface area contributed by atoms with E-state index in [0.717, 1.165) is 6.54 Å². The molecule has 1 N–H and O–H groups in total. The average molecular weight is 192 g/mol. The van der Waals surface area contributed by atoms with Crippen LogP contribution in [0.25, 0.3) is 0 Å². The van der Waals surface area contributed by atoms with Gasteiger partial charge in [0, 0.05) is 18.3 Å². The summed E-state index contributed by atoms with van der Waals surface area (Å²) in [5, 5.41) is 3.47. The molecule has 0 bridgehead atoms. The van der Waals surface area contributed by atoms with Crippen LogP contribution >= 0.6 is 0 Å². The summed E-state index contributed by atoms with van der Waals surface area (Å²) in [4.78, 5) is 4.24. The first-order valence-corrected chi connectivity index (χ1v) is 5.05. The van der Waals surface area contributed by atoms with Crippen molar-refractivity contribution in [1.82, 2.24) is 10.3 Å². The second kappa shape index (κ2) is 3.96. The first-order valence-electron chi connectivity index (χ1n) is 5.05. The molecule has 14 heavy (non-hydrogen) atoms. The predicted molar refractivity (Wildman–Crippen MR) is 55.5 cm³/mol. The molecule has 0 saturated carbocycles. The minimum absolute atomic E-state index is 0.494. The summed E-state index contributed by atoms with van der Waals surface area (Å²) in [6.45, 7) is 3.23. The van der Waals surface area contributed by atoms with Crippen LogP contribution in [0.15, 0.2) is 12.3 Å². The molecule has 1 aliphatic heterocycles. The number of nitrogens with one attached hydrogen (secondary N) is 1. The maximum absolute atomic E-state index is 5.08. The Hall–Kier alpha value is -1.09. The van der Waals surface area contributed by atoms with Crippen molar-refractivity contribution in [3.63, 3.8) is 0 Å². The van der Waals surface area contributed by atoms with Crippen LogP contribution < -0.4 is 10.1 Å². The Labute approximate surface area is 84.5 Å². The van der Waals surface area contributed by atoms with E-state index in [2.05, 4.69) is 17.2 Å². The predicted octanol–water partition coefficient (Wildman–Crippen LogP) is 1.82. The number of methoxy groups -OCH3 is 1. The molecule has 1 saturated heterocycles. The molecule has 0 spiro atoms. The van der Waals surface area contributed by atoms with Crippen LogP contribution in [-0.4, -0.2) is 18.6 Å². The standard InChI is InChI=1S/C11H16N2O/c1-8-6-11(14-2)13-7-9(8)10-4-3-5-12-10/h6-7,10,12H,3-5H2,1-2H3/t10-/m0/s1. The normalized spacial score (nSPS) is 21.1. The molecule has 3 nitrogen and oxygen atoms in total. The molecule has 2 rings (SSSR count). The lowest BCUT2D eigenvalue weighted by atomic mass is 10.0. The third-order valence-corrected chi connectivity index (χ3v) is 2.77. The van der Waals surface area contributed by atoms with Gasteiger partial charge in [-0.25, -0.2) is 4.98 Å². The van der Waals surface area contributed by atoms with Crippen LogP contribution in [0.1, 0.15) is 30.0 Å². The third kappa shape index (κ3) is 1.73. The molecule has 76 valence electrons. The van der Waals surface area contributed by atoms with Crippen molar-refractivity contribution in [2.24, 2.45) is 0 Å². The van der Waals surface area contributed by atoms with Crippen LogP contribution in [0.4, 0.5) is 0 Å². The zero-order valence-corrected chi connectivity index (χ0v) is 8.71. The number of rotatable bonds is 2. The maximum atomic E-state index is 5.08. The smallest absolute Gasteiger partial charge is 0.213 e. The molecule has 1 aliphatic rings. The van der Waals surface area contributed by atoms with Gasteiger partial charge in [-0.05, 0) is 37.4 Å². The molecular formula is C11H16N2O. The lowest BCUT2D eigenvalue weighted by Gasteiger charge is -2.13. The van der Waals surface area contributed by atoms with E-state index in [-0.39, 0.29) is 0 Å². The topological polar surface area (TPSA) is 34.1 Å². The van der Waals surface area contributed by atoms with E-state index in [1.54, 1.807) is 7.11 Å². The minimum atomic E-state index is 0.494. The number of nitrogens with zero attached hydrogens (tertiary/aromatic N) is 1. The van der Waals surface area contributed by atoms with Gasteiger partial charge in [0.25, 0.3) is 0 Å². The molecule has 1 atom stereocenters. The van der Waals surface area contributed by atoms with E-state index in [9.17, 15) is 0 Å². The van der Waals surface area contributed by atoms with Crippen LogP contribution in [0, 0.1) is 6.92 Å². The first-order chi connectivity index (χ1) is 6.81. The lowest BCUT2D eigenvalue weighted by molar-refractivity contribution is 0.396. The van der Waals surface area contributed by atoms with E-state index >= 15 is 0 Å². The van der Waals surface area contributed by atoms with Gasteiger partial charge in [0.2, 0.25) is 5.88 Å². The first kappa shape index (κ1) is 9.46. The van der Waals surface area contributed by atoms with Gasteiger partial charge in [-0.1, -0.05) is 0 Å². The van der Waals surface area contributed by atoms with Crippen LogP contribution in [0.5, 0.6) is 5.88 Å². The summed E-state index contributed by atoms with van der Waals surface area (Å²) in [5.74, 6) is 0.698. The van der Waals surface area contributed by atoms with Crippen LogP contribution in [-0.2, 0) is 0 Å². The molecule has 1 aromatic rings. The lowest BCUT2D eigenvalue weighted by Crippen LogP contribution is -2.14.